The van der Waals surface area contributed by atoms with Gasteiger partial charge >= 0.3 is 0 Å². The summed E-state index contributed by atoms with van der Waals surface area (Å²) in [5, 5.41) is 0. The van der Waals surface area contributed by atoms with Gasteiger partial charge in [0.15, 0.2) is 0 Å². The lowest BCUT2D eigenvalue weighted by molar-refractivity contribution is -0.140. The van der Waals surface area contributed by atoms with E-state index in [0.717, 1.165) is 31.8 Å². The maximum atomic E-state index is 12.6. The summed E-state index contributed by atoms with van der Waals surface area (Å²) in [4.78, 5) is 16.6. The molecule has 1 aliphatic heterocycles. The molecule has 20 heavy (non-hydrogen) atoms. The van der Waals surface area contributed by atoms with Crippen LogP contribution in [0.3, 0.4) is 0 Å². The number of carbonyl (C=O) groups is 1. The minimum absolute atomic E-state index is 0.000810. The number of hydrogen-bond acceptors (Lipinski definition) is 4. The molecular weight excluding hydrogens is 256 g/mol. The van der Waals surface area contributed by atoms with Gasteiger partial charge in [-0.2, -0.15) is 0 Å². The van der Waals surface area contributed by atoms with Gasteiger partial charge in [0.1, 0.15) is 5.76 Å². The summed E-state index contributed by atoms with van der Waals surface area (Å²) >= 11 is 0. The first kappa shape index (κ1) is 15.1. The van der Waals surface area contributed by atoms with Crippen molar-refractivity contribution in [2.75, 3.05) is 40.4 Å². The third-order valence-electron chi connectivity index (χ3n) is 3.57. The summed E-state index contributed by atoms with van der Waals surface area (Å²) in [5.41, 5.74) is 0. The molecule has 0 radical (unpaired) electrons. The van der Waals surface area contributed by atoms with Crippen molar-refractivity contribution >= 4 is 5.91 Å². The molecule has 0 spiro atoms. The SMILES string of the molecule is CN(C)CCN(Cc1ccco1)C(=O)[C@@H]1CCCOC1. The lowest BCUT2D eigenvalue weighted by Crippen LogP contribution is -2.42. The summed E-state index contributed by atoms with van der Waals surface area (Å²) in [6.07, 6.45) is 3.54. The van der Waals surface area contributed by atoms with Gasteiger partial charge in [-0.3, -0.25) is 4.79 Å². The van der Waals surface area contributed by atoms with Gasteiger partial charge < -0.3 is 19.0 Å². The predicted octanol–water partition coefficient (Wildman–Crippen LogP) is 1.60. The summed E-state index contributed by atoms with van der Waals surface area (Å²) in [6.45, 7) is 3.42. The van der Waals surface area contributed by atoms with Crippen LogP contribution in [0.25, 0.3) is 0 Å². The number of carbonyl (C=O) groups excluding carboxylic acids is 1. The maximum absolute atomic E-state index is 12.6. The quantitative estimate of drug-likeness (QED) is 0.794. The minimum atomic E-state index is 0.000810. The first-order valence-electron chi connectivity index (χ1n) is 7.20. The Morgan fingerprint density at radius 3 is 2.85 bits per heavy atom. The number of hydrogen-bond donors (Lipinski definition) is 0. The lowest BCUT2D eigenvalue weighted by atomic mass is 10.0. The van der Waals surface area contributed by atoms with E-state index in [4.69, 9.17) is 9.15 Å². The summed E-state index contributed by atoms with van der Waals surface area (Å²) in [6, 6.07) is 3.76. The van der Waals surface area contributed by atoms with E-state index < -0.39 is 0 Å². The van der Waals surface area contributed by atoms with Crippen LogP contribution >= 0.6 is 0 Å². The zero-order valence-corrected chi connectivity index (χ0v) is 12.4. The summed E-state index contributed by atoms with van der Waals surface area (Å²) < 4.78 is 10.8. The Labute approximate surface area is 120 Å². The summed E-state index contributed by atoms with van der Waals surface area (Å²) in [7, 11) is 4.03. The van der Waals surface area contributed by atoms with Crippen molar-refractivity contribution in [1.29, 1.82) is 0 Å². The highest BCUT2D eigenvalue weighted by molar-refractivity contribution is 5.79. The Bertz CT molecular complexity index is 397. The standard InChI is InChI=1S/C15H24N2O3/c1-16(2)7-8-17(11-14-6-4-10-20-14)15(18)13-5-3-9-19-12-13/h4,6,10,13H,3,5,7-9,11-12H2,1-2H3/t13-/m1/s1. The molecule has 1 saturated heterocycles. The van der Waals surface area contributed by atoms with Gasteiger partial charge in [-0.25, -0.2) is 0 Å². The summed E-state index contributed by atoms with van der Waals surface area (Å²) in [5.74, 6) is 1.01. The highest BCUT2D eigenvalue weighted by Crippen LogP contribution is 2.18. The van der Waals surface area contributed by atoms with E-state index >= 15 is 0 Å². The van der Waals surface area contributed by atoms with Gasteiger partial charge in [-0.15, -0.1) is 0 Å². The van der Waals surface area contributed by atoms with Crippen LogP contribution in [-0.4, -0.2) is 56.1 Å². The number of likely N-dealkylation sites (N-methyl/N-ethyl adjacent to an activating group) is 1. The molecule has 1 amide bonds. The van der Waals surface area contributed by atoms with Gasteiger partial charge in [0.05, 0.1) is 25.3 Å². The fourth-order valence-corrected chi connectivity index (χ4v) is 2.37. The Kier molecular flexibility index (Phi) is 5.61. The van der Waals surface area contributed by atoms with E-state index in [1.165, 1.54) is 0 Å². The van der Waals surface area contributed by atoms with Crippen LogP contribution in [0.15, 0.2) is 22.8 Å². The van der Waals surface area contributed by atoms with Crippen molar-refractivity contribution in [1.82, 2.24) is 9.80 Å². The molecule has 0 saturated carbocycles. The predicted molar refractivity (Wildman–Crippen MR) is 76.2 cm³/mol. The molecule has 5 nitrogen and oxygen atoms in total. The molecule has 2 rings (SSSR count). The largest absolute Gasteiger partial charge is 0.467 e. The van der Waals surface area contributed by atoms with Crippen LogP contribution in [0.2, 0.25) is 0 Å². The van der Waals surface area contributed by atoms with E-state index in [-0.39, 0.29) is 11.8 Å². The van der Waals surface area contributed by atoms with E-state index in [1.807, 2.05) is 31.1 Å². The number of nitrogens with zero attached hydrogens (tertiary/aromatic N) is 2. The second-order valence-corrected chi connectivity index (χ2v) is 5.56. The van der Waals surface area contributed by atoms with Crippen LogP contribution < -0.4 is 0 Å². The van der Waals surface area contributed by atoms with Gasteiger partial charge in [0.2, 0.25) is 5.91 Å². The molecule has 1 aromatic heterocycles. The normalized spacial score (nSPS) is 19.2. The zero-order chi connectivity index (χ0) is 14.4. The molecule has 0 N–H and O–H groups in total. The van der Waals surface area contributed by atoms with Gasteiger partial charge in [0, 0.05) is 19.7 Å². The second kappa shape index (κ2) is 7.45. The molecule has 1 atom stereocenters. The molecule has 0 unspecified atom stereocenters. The molecule has 0 aliphatic carbocycles. The topological polar surface area (TPSA) is 45.9 Å². The number of ether oxygens (including phenoxy) is 1. The Balaban J connectivity index is 1.98. The first-order chi connectivity index (χ1) is 9.66. The average molecular weight is 280 g/mol. The monoisotopic (exact) mass is 280 g/mol. The lowest BCUT2D eigenvalue weighted by Gasteiger charge is -2.29. The zero-order valence-electron chi connectivity index (χ0n) is 12.4. The molecule has 0 aromatic carbocycles. The number of furan rings is 1. The highest BCUT2D eigenvalue weighted by atomic mass is 16.5. The average Bonchev–Trinajstić information content (AvgIpc) is 2.96. The van der Waals surface area contributed by atoms with Crippen molar-refractivity contribution in [3.63, 3.8) is 0 Å². The van der Waals surface area contributed by atoms with Crippen LogP contribution in [0.5, 0.6) is 0 Å². The van der Waals surface area contributed by atoms with Crippen LogP contribution in [0.1, 0.15) is 18.6 Å². The first-order valence-corrected chi connectivity index (χ1v) is 7.20. The molecular formula is C15H24N2O3. The van der Waals surface area contributed by atoms with E-state index in [9.17, 15) is 4.79 Å². The van der Waals surface area contributed by atoms with Crippen LogP contribution in [-0.2, 0) is 16.1 Å². The van der Waals surface area contributed by atoms with Crippen molar-refractivity contribution in [2.24, 2.45) is 5.92 Å². The van der Waals surface area contributed by atoms with Gasteiger partial charge in [-0.1, -0.05) is 0 Å². The Morgan fingerprint density at radius 2 is 2.25 bits per heavy atom. The molecule has 1 aromatic rings. The van der Waals surface area contributed by atoms with E-state index in [2.05, 4.69) is 4.90 Å². The van der Waals surface area contributed by atoms with Crippen molar-refractivity contribution < 1.29 is 13.9 Å². The maximum Gasteiger partial charge on any atom is 0.228 e. The Morgan fingerprint density at radius 1 is 1.40 bits per heavy atom. The van der Waals surface area contributed by atoms with Gasteiger partial charge in [-0.05, 0) is 39.1 Å². The van der Waals surface area contributed by atoms with Crippen LogP contribution in [0.4, 0.5) is 0 Å². The Hall–Kier alpha value is -1.33. The van der Waals surface area contributed by atoms with Crippen LogP contribution in [0, 0.1) is 5.92 Å². The molecule has 1 aliphatic rings. The highest BCUT2D eigenvalue weighted by Gasteiger charge is 2.27. The smallest absolute Gasteiger partial charge is 0.228 e. The van der Waals surface area contributed by atoms with Crippen molar-refractivity contribution in [3.8, 4) is 0 Å². The second-order valence-electron chi connectivity index (χ2n) is 5.56. The van der Waals surface area contributed by atoms with E-state index in [1.54, 1.807) is 6.26 Å². The fourth-order valence-electron chi connectivity index (χ4n) is 2.37. The van der Waals surface area contributed by atoms with Gasteiger partial charge in [0.25, 0.3) is 0 Å². The molecule has 5 heteroatoms. The third kappa shape index (κ3) is 4.35. The van der Waals surface area contributed by atoms with E-state index in [0.29, 0.717) is 19.7 Å². The minimum Gasteiger partial charge on any atom is -0.467 e. The number of rotatable bonds is 6. The molecule has 1 fully saturated rings. The van der Waals surface area contributed by atoms with Crippen molar-refractivity contribution in [2.45, 2.75) is 19.4 Å². The molecule has 0 bridgehead atoms. The fraction of sp³-hybridized carbons (Fsp3) is 0.667. The molecule has 2 heterocycles. The van der Waals surface area contributed by atoms with Crippen molar-refractivity contribution in [3.05, 3.63) is 24.2 Å². The third-order valence-corrected chi connectivity index (χ3v) is 3.57. The molecule has 112 valence electrons. The number of amides is 1.